The fourth-order valence-corrected chi connectivity index (χ4v) is 3.05. The molecule has 0 aliphatic carbocycles. The molecular weight excluding hydrogens is 304 g/mol. The van der Waals surface area contributed by atoms with E-state index < -0.39 is 0 Å². The lowest BCUT2D eigenvalue weighted by atomic mass is 9.87. The van der Waals surface area contributed by atoms with Gasteiger partial charge in [0, 0.05) is 5.02 Å². The summed E-state index contributed by atoms with van der Waals surface area (Å²) in [5, 5.41) is 0.781. The van der Waals surface area contributed by atoms with Gasteiger partial charge in [-0.25, -0.2) is 0 Å². The number of ether oxygens (including phenoxy) is 1. The minimum Gasteiger partial charge on any atom is -0.493 e. The summed E-state index contributed by atoms with van der Waals surface area (Å²) in [5.74, 6) is 2.00. The number of benzene rings is 2. The van der Waals surface area contributed by atoms with Crippen molar-refractivity contribution in [3.8, 4) is 16.9 Å². The molecule has 124 valence electrons. The molecule has 0 aliphatic heterocycles. The highest BCUT2D eigenvalue weighted by Crippen LogP contribution is 2.36. The average Bonchev–Trinajstić information content (AvgIpc) is 2.55. The molecule has 2 heteroatoms. The lowest BCUT2D eigenvalue weighted by Crippen LogP contribution is -2.04. The van der Waals surface area contributed by atoms with Crippen molar-refractivity contribution in [3.63, 3.8) is 0 Å². The van der Waals surface area contributed by atoms with Gasteiger partial charge in [-0.15, -0.1) is 0 Å². The molecule has 0 radical (unpaired) electrons. The van der Waals surface area contributed by atoms with Gasteiger partial charge in [-0.1, -0.05) is 57.5 Å². The van der Waals surface area contributed by atoms with Crippen molar-refractivity contribution in [2.75, 3.05) is 6.61 Å². The van der Waals surface area contributed by atoms with E-state index in [1.165, 1.54) is 16.7 Å². The first-order valence-electron chi connectivity index (χ1n) is 8.57. The SMILES string of the molecule is CCC(CC)c1ccc(Cl)cc1-c1cccc(OCC(C)C)c1. The second kappa shape index (κ2) is 8.40. The summed E-state index contributed by atoms with van der Waals surface area (Å²) in [6.45, 7) is 9.54. The lowest BCUT2D eigenvalue weighted by molar-refractivity contribution is 0.271. The van der Waals surface area contributed by atoms with Crippen molar-refractivity contribution in [1.82, 2.24) is 0 Å². The topological polar surface area (TPSA) is 9.23 Å². The smallest absolute Gasteiger partial charge is 0.119 e. The fourth-order valence-electron chi connectivity index (χ4n) is 2.88. The first kappa shape index (κ1) is 17.9. The van der Waals surface area contributed by atoms with Crippen molar-refractivity contribution in [3.05, 3.63) is 53.1 Å². The maximum atomic E-state index is 6.27. The molecule has 2 rings (SSSR count). The highest BCUT2D eigenvalue weighted by atomic mass is 35.5. The Bertz CT molecular complexity index is 629. The largest absolute Gasteiger partial charge is 0.493 e. The molecule has 0 saturated heterocycles. The predicted octanol–water partition coefficient (Wildman–Crippen LogP) is 6.95. The molecule has 0 amide bonds. The Kier molecular flexibility index (Phi) is 6.53. The Morgan fingerprint density at radius 3 is 2.39 bits per heavy atom. The van der Waals surface area contributed by atoms with Crippen LogP contribution in [0.25, 0.3) is 11.1 Å². The van der Waals surface area contributed by atoms with E-state index in [4.69, 9.17) is 16.3 Å². The van der Waals surface area contributed by atoms with Crippen LogP contribution in [-0.4, -0.2) is 6.61 Å². The maximum absolute atomic E-state index is 6.27. The number of rotatable bonds is 7. The van der Waals surface area contributed by atoms with Crippen LogP contribution < -0.4 is 4.74 Å². The third-order valence-electron chi connectivity index (χ3n) is 4.17. The second-order valence-corrected chi connectivity index (χ2v) is 6.91. The molecule has 2 aromatic rings. The molecule has 0 aromatic heterocycles. The van der Waals surface area contributed by atoms with E-state index >= 15 is 0 Å². The average molecular weight is 331 g/mol. The molecule has 1 nitrogen and oxygen atoms in total. The molecule has 0 heterocycles. The number of halogens is 1. The monoisotopic (exact) mass is 330 g/mol. The highest BCUT2D eigenvalue weighted by Gasteiger charge is 2.14. The zero-order valence-corrected chi connectivity index (χ0v) is 15.4. The summed E-state index contributed by atoms with van der Waals surface area (Å²) in [5.41, 5.74) is 3.78. The van der Waals surface area contributed by atoms with Crippen LogP contribution in [-0.2, 0) is 0 Å². The van der Waals surface area contributed by atoms with Gasteiger partial charge in [-0.3, -0.25) is 0 Å². The van der Waals surface area contributed by atoms with E-state index in [0.29, 0.717) is 11.8 Å². The van der Waals surface area contributed by atoms with Crippen molar-refractivity contribution < 1.29 is 4.74 Å². The Hall–Kier alpha value is -1.47. The van der Waals surface area contributed by atoms with Gasteiger partial charge in [0.25, 0.3) is 0 Å². The molecule has 2 aromatic carbocycles. The van der Waals surface area contributed by atoms with Gasteiger partial charge in [0.1, 0.15) is 5.75 Å². The molecule has 0 fully saturated rings. The molecule has 0 atom stereocenters. The Balaban J connectivity index is 2.40. The normalized spacial score (nSPS) is 11.3. The summed E-state index contributed by atoms with van der Waals surface area (Å²) in [6.07, 6.45) is 2.27. The standard InChI is InChI=1S/C21H27ClO/c1-5-16(6-2)20-11-10-18(22)13-21(20)17-8-7-9-19(12-17)23-14-15(3)4/h7-13,15-16H,5-6,14H2,1-4H3. The Morgan fingerprint density at radius 1 is 1.00 bits per heavy atom. The molecule has 23 heavy (non-hydrogen) atoms. The van der Waals surface area contributed by atoms with Crippen LogP contribution in [0.5, 0.6) is 5.75 Å². The van der Waals surface area contributed by atoms with Crippen LogP contribution >= 0.6 is 11.6 Å². The first-order chi connectivity index (χ1) is 11.0. The van der Waals surface area contributed by atoms with Crippen LogP contribution in [0.15, 0.2) is 42.5 Å². The Labute approximate surface area is 145 Å². The molecule has 0 unspecified atom stereocenters. The zero-order chi connectivity index (χ0) is 16.8. The number of hydrogen-bond donors (Lipinski definition) is 0. The van der Waals surface area contributed by atoms with Crippen LogP contribution in [0.4, 0.5) is 0 Å². The third-order valence-corrected chi connectivity index (χ3v) is 4.40. The van der Waals surface area contributed by atoms with E-state index in [0.717, 1.165) is 30.2 Å². The van der Waals surface area contributed by atoms with Crippen LogP contribution in [0.1, 0.15) is 52.0 Å². The van der Waals surface area contributed by atoms with E-state index in [9.17, 15) is 0 Å². The maximum Gasteiger partial charge on any atom is 0.119 e. The van der Waals surface area contributed by atoms with Gasteiger partial charge in [0.2, 0.25) is 0 Å². The van der Waals surface area contributed by atoms with Crippen LogP contribution in [0.2, 0.25) is 5.02 Å². The molecule has 0 N–H and O–H groups in total. The summed E-state index contributed by atoms with van der Waals surface area (Å²) >= 11 is 6.27. The molecule has 0 saturated carbocycles. The summed E-state index contributed by atoms with van der Waals surface area (Å²) < 4.78 is 5.88. The lowest BCUT2D eigenvalue weighted by Gasteiger charge is -2.19. The quantitative estimate of drug-likeness (QED) is 0.534. The van der Waals surface area contributed by atoms with Gasteiger partial charge in [0.05, 0.1) is 6.61 Å². The van der Waals surface area contributed by atoms with Gasteiger partial charge in [0.15, 0.2) is 0 Å². The van der Waals surface area contributed by atoms with Gasteiger partial charge in [-0.05, 0) is 65.6 Å². The van der Waals surface area contributed by atoms with E-state index in [-0.39, 0.29) is 0 Å². The third kappa shape index (κ3) is 4.75. The minimum atomic E-state index is 0.518. The van der Waals surface area contributed by atoms with Crippen molar-refractivity contribution >= 4 is 11.6 Å². The van der Waals surface area contributed by atoms with Crippen molar-refractivity contribution in [1.29, 1.82) is 0 Å². The van der Waals surface area contributed by atoms with Crippen molar-refractivity contribution in [2.24, 2.45) is 5.92 Å². The predicted molar refractivity (Wildman–Crippen MR) is 101 cm³/mol. The van der Waals surface area contributed by atoms with Gasteiger partial charge < -0.3 is 4.74 Å². The molecule has 0 aliphatic rings. The summed E-state index contributed by atoms with van der Waals surface area (Å²) in [4.78, 5) is 0. The van der Waals surface area contributed by atoms with Gasteiger partial charge >= 0.3 is 0 Å². The van der Waals surface area contributed by atoms with Crippen LogP contribution in [0.3, 0.4) is 0 Å². The second-order valence-electron chi connectivity index (χ2n) is 6.48. The molecule has 0 spiro atoms. The summed E-state index contributed by atoms with van der Waals surface area (Å²) in [7, 11) is 0. The number of hydrogen-bond acceptors (Lipinski definition) is 1. The van der Waals surface area contributed by atoms with E-state index in [1.54, 1.807) is 0 Å². The van der Waals surface area contributed by atoms with Crippen molar-refractivity contribution in [2.45, 2.75) is 46.5 Å². The fraction of sp³-hybridized carbons (Fsp3) is 0.429. The first-order valence-corrected chi connectivity index (χ1v) is 8.95. The van der Waals surface area contributed by atoms with Gasteiger partial charge in [-0.2, -0.15) is 0 Å². The zero-order valence-electron chi connectivity index (χ0n) is 14.6. The molecular formula is C21H27ClO. The van der Waals surface area contributed by atoms with Crippen LogP contribution in [0, 0.1) is 5.92 Å². The Morgan fingerprint density at radius 2 is 1.74 bits per heavy atom. The van der Waals surface area contributed by atoms with E-state index in [1.807, 2.05) is 12.1 Å². The molecule has 0 bridgehead atoms. The highest BCUT2D eigenvalue weighted by molar-refractivity contribution is 6.30. The summed E-state index contributed by atoms with van der Waals surface area (Å²) in [6, 6.07) is 14.6. The van der Waals surface area contributed by atoms with E-state index in [2.05, 4.69) is 58.0 Å². The minimum absolute atomic E-state index is 0.518.